The van der Waals surface area contributed by atoms with Crippen LogP contribution in [0, 0.1) is 6.92 Å². The SMILES string of the molecule is CN=C(NCCCOc1ccccc1C)NCCc1nc(C(F)(F)F)cs1. The van der Waals surface area contributed by atoms with E-state index >= 15 is 0 Å². The molecule has 0 aliphatic heterocycles. The lowest BCUT2D eigenvalue weighted by atomic mass is 10.2. The van der Waals surface area contributed by atoms with Crippen LogP contribution in [0.5, 0.6) is 5.75 Å². The Bertz CT molecular complexity index is 746. The number of nitrogens with one attached hydrogen (secondary N) is 2. The third kappa shape index (κ3) is 7.09. The summed E-state index contributed by atoms with van der Waals surface area (Å²) in [6, 6.07) is 7.84. The largest absolute Gasteiger partial charge is 0.493 e. The third-order valence-corrected chi connectivity index (χ3v) is 4.57. The summed E-state index contributed by atoms with van der Waals surface area (Å²) in [5, 5.41) is 7.70. The average Bonchev–Trinajstić information content (AvgIpc) is 3.10. The summed E-state index contributed by atoms with van der Waals surface area (Å²) in [5.41, 5.74) is 0.262. The highest BCUT2D eigenvalue weighted by molar-refractivity contribution is 7.09. The maximum Gasteiger partial charge on any atom is 0.434 e. The number of alkyl halides is 3. The monoisotopic (exact) mass is 400 g/mol. The van der Waals surface area contributed by atoms with Gasteiger partial charge >= 0.3 is 6.18 Å². The first-order valence-electron chi connectivity index (χ1n) is 8.54. The molecule has 1 aromatic carbocycles. The quantitative estimate of drug-likeness (QED) is 0.404. The molecule has 27 heavy (non-hydrogen) atoms. The van der Waals surface area contributed by atoms with E-state index in [-0.39, 0.29) is 0 Å². The molecular weight excluding hydrogens is 377 g/mol. The zero-order valence-corrected chi connectivity index (χ0v) is 16.1. The smallest absolute Gasteiger partial charge is 0.434 e. The third-order valence-electron chi connectivity index (χ3n) is 3.66. The molecule has 0 radical (unpaired) electrons. The zero-order valence-electron chi connectivity index (χ0n) is 15.3. The molecule has 2 aromatic rings. The molecule has 0 saturated carbocycles. The normalized spacial score (nSPS) is 12.1. The van der Waals surface area contributed by atoms with Gasteiger partial charge in [0.1, 0.15) is 5.75 Å². The number of aromatic nitrogens is 1. The maximum atomic E-state index is 12.5. The predicted molar refractivity (Wildman–Crippen MR) is 101 cm³/mol. The van der Waals surface area contributed by atoms with Gasteiger partial charge in [-0.05, 0) is 25.0 Å². The van der Waals surface area contributed by atoms with Crippen LogP contribution in [0.3, 0.4) is 0 Å². The fraction of sp³-hybridized carbons (Fsp3) is 0.444. The van der Waals surface area contributed by atoms with Crippen molar-refractivity contribution in [1.29, 1.82) is 0 Å². The molecule has 0 aliphatic carbocycles. The van der Waals surface area contributed by atoms with Gasteiger partial charge in [0.15, 0.2) is 11.7 Å². The number of thiazole rings is 1. The van der Waals surface area contributed by atoms with E-state index in [0.717, 1.165) is 34.5 Å². The van der Waals surface area contributed by atoms with Crippen LogP contribution in [-0.4, -0.2) is 37.7 Å². The van der Waals surface area contributed by atoms with Crippen LogP contribution in [0.4, 0.5) is 13.2 Å². The molecule has 0 fully saturated rings. The van der Waals surface area contributed by atoms with Crippen molar-refractivity contribution in [3.63, 3.8) is 0 Å². The molecule has 0 unspecified atom stereocenters. The van der Waals surface area contributed by atoms with Gasteiger partial charge in [-0.15, -0.1) is 11.3 Å². The lowest BCUT2D eigenvalue weighted by molar-refractivity contribution is -0.140. The molecule has 9 heteroatoms. The number of para-hydroxylation sites is 1. The van der Waals surface area contributed by atoms with E-state index < -0.39 is 11.9 Å². The van der Waals surface area contributed by atoms with E-state index in [0.29, 0.717) is 37.1 Å². The number of benzene rings is 1. The minimum absolute atomic E-state index is 0.401. The molecule has 0 bridgehead atoms. The van der Waals surface area contributed by atoms with Crippen molar-refractivity contribution in [3.8, 4) is 5.75 Å². The average molecular weight is 400 g/mol. The van der Waals surface area contributed by atoms with Crippen LogP contribution in [0.2, 0.25) is 0 Å². The van der Waals surface area contributed by atoms with Gasteiger partial charge in [0, 0.05) is 31.9 Å². The maximum absolute atomic E-state index is 12.5. The fourth-order valence-electron chi connectivity index (χ4n) is 2.24. The Kier molecular flexibility index (Phi) is 7.90. The standard InChI is InChI=1S/C18H23F3N4OS/c1-13-6-3-4-7-14(13)26-11-5-9-23-17(22-2)24-10-8-16-25-15(12-27-16)18(19,20)21/h3-4,6-7,12H,5,8-11H2,1-2H3,(H2,22,23,24). The lowest BCUT2D eigenvalue weighted by Gasteiger charge is -2.12. The molecule has 1 heterocycles. The Morgan fingerprint density at radius 1 is 1.22 bits per heavy atom. The second-order valence-electron chi connectivity index (χ2n) is 5.77. The van der Waals surface area contributed by atoms with Crippen molar-refractivity contribution < 1.29 is 17.9 Å². The van der Waals surface area contributed by atoms with Gasteiger partial charge in [-0.2, -0.15) is 13.2 Å². The Balaban J connectivity index is 1.63. The van der Waals surface area contributed by atoms with Gasteiger partial charge in [0.25, 0.3) is 0 Å². The summed E-state index contributed by atoms with van der Waals surface area (Å²) in [7, 11) is 1.64. The molecule has 148 valence electrons. The van der Waals surface area contributed by atoms with Crippen molar-refractivity contribution in [2.24, 2.45) is 4.99 Å². The molecule has 0 aliphatic rings. The highest BCUT2D eigenvalue weighted by Crippen LogP contribution is 2.29. The molecule has 2 rings (SSSR count). The molecule has 0 atom stereocenters. The van der Waals surface area contributed by atoms with E-state index in [1.807, 2.05) is 31.2 Å². The summed E-state index contributed by atoms with van der Waals surface area (Å²) >= 11 is 1.01. The number of rotatable bonds is 8. The van der Waals surface area contributed by atoms with Crippen LogP contribution in [0.1, 0.15) is 22.7 Å². The summed E-state index contributed by atoms with van der Waals surface area (Å²) in [5.74, 6) is 1.47. The van der Waals surface area contributed by atoms with Gasteiger partial charge in [-0.3, -0.25) is 4.99 Å². The van der Waals surface area contributed by atoms with Crippen LogP contribution < -0.4 is 15.4 Å². The highest BCUT2D eigenvalue weighted by Gasteiger charge is 2.33. The minimum Gasteiger partial charge on any atom is -0.493 e. The van der Waals surface area contributed by atoms with Crippen LogP contribution in [0.15, 0.2) is 34.6 Å². The molecule has 0 saturated heterocycles. The van der Waals surface area contributed by atoms with E-state index in [4.69, 9.17) is 4.74 Å². The van der Waals surface area contributed by atoms with Gasteiger partial charge in [0.2, 0.25) is 0 Å². The number of hydrogen-bond acceptors (Lipinski definition) is 4. The Morgan fingerprint density at radius 3 is 2.63 bits per heavy atom. The van der Waals surface area contributed by atoms with Crippen molar-refractivity contribution >= 4 is 17.3 Å². The summed E-state index contributed by atoms with van der Waals surface area (Å²) in [4.78, 5) is 7.69. The lowest BCUT2D eigenvalue weighted by Crippen LogP contribution is -2.39. The molecule has 0 amide bonds. The number of nitrogens with zero attached hydrogens (tertiary/aromatic N) is 2. The molecule has 1 aromatic heterocycles. The van der Waals surface area contributed by atoms with E-state index in [9.17, 15) is 13.2 Å². The topological polar surface area (TPSA) is 58.5 Å². The number of ether oxygens (including phenoxy) is 1. The highest BCUT2D eigenvalue weighted by atomic mass is 32.1. The van der Waals surface area contributed by atoms with Gasteiger partial charge < -0.3 is 15.4 Å². The Morgan fingerprint density at radius 2 is 1.96 bits per heavy atom. The number of hydrogen-bond donors (Lipinski definition) is 2. The number of aryl methyl sites for hydroxylation is 1. The van der Waals surface area contributed by atoms with Gasteiger partial charge in [0.05, 0.1) is 11.6 Å². The van der Waals surface area contributed by atoms with E-state index in [1.54, 1.807) is 7.05 Å². The summed E-state index contributed by atoms with van der Waals surface area (Å²) in [6.45, 7) is 3.69. The van der Waals surface area contributed by atoms with E-state index in [1.165, 1.54) is 0 Å². The molecule has 0 spiro atoms. The van der Waals surface area contributed by atoms with E-state index in [2.05, 4.69) is 20.6 Å². The van der Waals surface area contributed by atoms with Crippen LogP contribution >= 0.6 is 11.3 Å². The molecule has 2 N–H and O–H groups in total. The number of halogens is 3. The van der Waals surface area contributed by atoms with Crippen molar-refractivity contribution in [1.82, 2.24) is 15.6 Å². The van der Waals surface area contributed by atoms with Crippen LogP contribution in [0.25, 0.3) is 0 Å². The molecule has 5 nitrogen and oxygen atoms in total. The first-order chi connectivity index (χ1) is 12.9. The molecular formula is C18H23F3N4OS. The Hall–Kier alpha value is -2.29. The summed E-state index contributed by atoms with van der Waals surface area (Å²) < 4.78 is 43.3. The van der Waals surface area contributed by atoms with Gasteiger partial charge in [-0.25, -0.2) is 4.98 Å². The fourth-order valence-corrected chi connectivity index (χ4v) is 3.05. The van der Waals surface area contributed by atoms with Crippen molar-refractivity contribution in [2.45, 2.75) is 25.9 Å². The number of aliphatic imine (C=N–C) groups is 1. The number of guanidine groups is 1. The first-order valence-corrected chi connectivity index (χ1v) is 9.42. The minimum atomic E-state index is -4.39. The van der Waals surface area contributed by atoms with Crippen LogP contribution in [-0.2, 0) is 12.6 Å². The zero-order chi connectivity index (χ0) is 19.7. The second kappa shape index (κ2) is 10.1. The first kappa shape index (κ1) is 21.0. The predicted octanol–water partition coefficient (Wildman–Crippen LogP) is 3.65. The van der Waals surface area contributed by atoms with Crippen molar-refractivity contribution in [3.05, 3.63) is 45.9 Å². The second-order valence-corrected chi connectivity index (χ2v) is 6.71. The van der Waals surface area contributed by atoms with Crippen molar-refractivity contribution in [2.75, 3.05) is 26.7 Å². The Labute approximate surface area is 160 Å². The van der Waals surface area contributed by atoms with Gasteiger partial charge in [-0.1, -0.05) is 18.2 Å². The summed E-state index contributed by atoms with van der Waals surface area (Å²) in [6.07, 6.45) is -3.20.